The van der Waals surface area contributed by atoms with Gasteiger partial charge in [0.25, 0.3) is 5.91 Å². The number of nitrogens with one attached hydrogen (secondary N) is 1. The fourth-order valence-corrected chi connectivity index (χ4v) is 4.03. The molecule has 4 aromatic rings. The number of carbonyl (C=O) groups is 1. The summed E-state index contributed by atoms with van der Waals surface area (Å²) in [6.07, 6.45) is 0. The zero-order chi connectivity index (χ0) is 15.8. The molecule has 3 nitrogen and oxygen atoms in total. The minimum Gasteiger partial charge on any atom is -0.298 e. The number of rotatable bonds is 2. The summed E-state index contributed by atoms with van der Waals surface area (Å²) in [6.45, 7) is 0. The average molecular weight is 383 g/mol. The lowest BCUT2D eigenvalue weighted by molar-refractivity contribution is 0.102. The van der Waals surface area contributed by atoms with Crippen molar-refractivity contribution in [3.8, 4) is 0 Å². The van der Waals surface area contributed by atoms with Crippen LogP contribution < -0.4 is 5.32 Å². The Bertz CT molecular complexity index is 1040. The Morgan fingerprint density at radius 2 is 1.78 bits per heavy atom. The molecule has 0 unspecified atom stereocenters. The lowest BCUT2D eigenvalue weighted by Gasteiger charge is -2.05. The second kappa shape index (κ2) is 5.76. The smallest absolute Gasteiger partial charge is 0.258 e. The van der Waals surface area contributed by atoms with E-state index < -0.39 is 0 Å². The molecule has 0 aliphatic heterocycles. The Labute approximate surface area is 145 Å². The number of fused-ring (bicyclic) bond motifs is 2. The molecule has 1 N–H and O–H groups in total. The molecule has 1 amide bonds. The maximum Gasteiger partial charge on any atom is 0.258 e. The molecule has 0 aliphatic carbocycles. The van der Waals surface area contributed by atoms with Gasteiger partial charge in [-0.05, 0) is 44.9 Å². The molecule has 0 saturated carbocycles. The highest BCUT2D eigenvalue weighted by molar-refractivity contribution is 9.10. The fourth-order valence-electron chi connectivity index (χ4n) is 2.56. The molecule has 23 heavy (non-hydrogen) atoms. The number of aromatic nitrogens is 1. The second-order valence-corrected chi connectivity index (χ2v) is 6.97. The van der Waals surface area contributed by atoms with Crippen LogP contribution in [0.1, 0.15) is 10.4 Å². The molecule has 4 rings (SSSR count). The van der Waals surface area contributed by atoms with Gasteiger partial charge in [0.05, 0.1) is 10.2 Å². The predicted molar refractivity (Wildman–Crippen MR) is 99.2 cm³/mol. The van der Waals surface area contributed by atoms with Gasteiger partial charge in [-0.2, -0.15) is 0 Å². The van der Waals surface area contributed by atoms with Gasteiger partial charge in [-0.15, -0.1) is 0 Å². The van der Waals surface area contributed by atoms with Crippen LogP contribution in [0.4, 0.5) is 5.13 Å². The summed E-state index contributed by atoms with van der Waals surface area (Å²) in [5.74, 6) is -0.142. The highest BCUT2D eigenvalue weighted by atomic mass is 79.9. The zero-order valence-corrected chi connectivity index (χ0v) is 14.3. The summed E-state index contributed by atoms with van der Waals surface area (Å²) < 4.78 is 1.96. The highest BCUT2D eigenvalue weighted by Crippen LogP contribution is 2.31. The molecule has 1 aromatic heterocycles. The summed E-state index contributed by atoms with van der Waals surface area (Å²) in [6, 6.07) is 19.5. The third kappa shape index (κ3) is 2.62. The van der Waals surface area contributed by atoms with Crippen molar-refractivity contribution in [2.45, 2.75) is 0 Å². The first-order valence-electron chi connectivity index (χ1n) is 7.06. The van der Waals surface area contributed by atoms with Crippen molar-refractivity contribution in [3.63, 3.8) is 0 Å². The second-order valence-electron chi connectivity index (χ2n) is 5.09. The monoisotopic (exact) mass is 382 g/mol. The van der Waals surface area contributed by atoms with Gasteiger partial charge in [0.2, 0.25) is 0 Å². The third-order valence-corrected chi connectivity index (χ3v) is 5.20. The molecule has 0 fully saturated rings. The van der Waals surface area contributed by atoms with Crippen LogP contribution in [-0.2, 0) is 0 Å². The number of para-hydroxylation sites is 1. The summed E-state index contributed by atoms with van der Waals surface area (Å²) in [5, 5.41) is 5.50. The number of anilines is 1. The lowest BCUT2D eigenvalue weighted by Crippen LogP contribution is -2.12. The van der Waals surface area contributed by atoms with Gasteiger partial charge >= 0.3 is 0 Å². The molecule has 112 valence electrons. The fraction of sp³-hybridized carbons (Fsp3) is 0. The van der Waals surface area contributed by atoms with Crippen LogP contribution in [0, 0.1) is 0 Å². The van der Waals surface area contributed by atoms with E-state index in [0.717, 1.165) is 25.5 Å². The summed E-state index contributed by atoms with van der Waals surface area (Å²) in [4.78, 5) is 17.1. The van der Waals surface area contributed by atoms with Gasteiger partial charge in [-0.1, -0.05) is 53.8 Å². The van der Waals surface area contributed by atoms with Crippen molar-refractivity contribution in [1.82, 2.24) is 4.98 Å². The SMILES string of the molecule is O=C(Nc1nc2c(Br)cccc2s1)c1cccc2ccccc12. The largest absolute Gasteiger partial charge is 0.298 e. The van der Waals surface area contributed by atoms with Crippen molar-refractivity contribution >= 4 is 59.3 Å². The van der Waals surface area contributed by atoms with Gasteiger partial charge in [0, 0.05) is 10.0 Å². The maximum absolute atomic E-state index is 12.6. The Hall–Kier alpha value is -2.24. The van der Waals surface area contributed by atoms with Crippen molar-refractivity contribution in [1.29, 1.82) is 0 Å². The first-order valence-corrected chi connectivity index (χ1v) is 8.67. The van der Waals surface area contributed by atoms with Crippen LogP contribution in [0.25, 0.3) is 21.0 Å². The molecule has 0 aliphatic rings. The molecule has 0 spiro atoms. The molecular formula is C18H11BrN2OS. The first kappa shape index (κ1) is 14.4. The van der Waals surface area contributed by atoms with Crippen LogP contribution in [0.5, 0.6) is 0 Å². The molecule has 5 heteroatoms. The number of hydrogen-bond donors (Lipinski definition) is 1. The number of halogens is 1. The summed E-state index contributed by atoms with van der Waals surface area (Å²) in [7, 11) is 0. The van der Waals surface area contributed by atoms with Crippen molar-refractivity contribution in [2.75, 3.05) is 5.32 Å². The number of benzene rings is 3. The molecular weight excluding hydrogens is 372 g/mol. The number of hydrogen-bond acceptors (Lipinski definition) is 3. The van der Waals surface area contributed by atoms with Gasteiger partial charge in [-0.25, -0.2) is 4.98 Å². The van der Waals surface area contributed by atoms with Gasteiger partial charge in [0.1, 0.15) is 0 Å². The Morgan fingerprint density at radius 3 is 2.65 bits per heavy atom. The van der Waals surface area contributed by atoms with Crippen LogP contribution >= 0.6 is 27.3 Å². The average Bonchev–Trinajstić information content (AvgIpc) is 2.98. The van der Waals surface area contributed by atoms with E-state index in [1.807, 2.05) is 60.7 Å². The number of thiazole rings is 1. The minimum absolute atomic E-state index is 0.142. The lowest BCUT2D eigenvalue weighted by atomic mass is 10.0. The topological polar surface area (TPSA) is 42.0 Å². The number of nitrogens with zero attached hydrogens (tertiary/aromatic N) is 1. The molecule has 1 heterocycles. The van der Waals surface area contributed by atoms with Crippen LogP contribution in [0.2, 0.25) is 0 Å². The van der Waals surface area contributed by atoms with E-state index in [4.69, 9.17) is 0 Å². The molecule has 0 radical (unpaired) electrons. The maximum atomic E-state index is 12.6. The van der Waals surface area contributed by atoms with Crippen molar-refractivity contribution in [2.24, 2.45) is 0 Å². The molecule has 0 atom stereocenters. The Morgan fingerprint density at radius 1 is 1.00 bits per heavy atom. The molecule has 0 saturated heterocycles. The van der Waals surface area contributed by atoms with E-state index in [1.54, 1.807) is 0 Å². The van der Waals surface area contributed by atoms with Crippen molar-refractivity contribution < 1.29 is 4.79 Å². The molecule has 0 bridgehead atoms. The van der Waals surface area contributed by atoms with E-state index in [1.165, 1.54) is 11.3 Å². The zero-order valence-electron chi connectivity index (χ0n) is 11.9. The van der Waals surface area contributed by atoms with Crippen molar-refractivity contribution in [3.05, 3.63) is 70.7 Å². The predicted octanol–water partition coefficient (Wildman–Crippen LogP) is 5.46. The minimum atomic E-state index is -0.142. The normalized spacial score (nSPS) is 11.0. The Kier molecular flexibility index (Phi) is 3.59. The quantitative estimate of drug-likeness (QED) is 0.499. The molecule has 3 aromatic carbocycles. The highest BCUT2D eigenvalue weighted by Gasteiger charge is 2.13. The van der Waals surface area contributed by atoms with E-state index in [2.05, 4.69) is 26.2 Å². The van der Waals surface area contributed by atoms with Gasteiger partial charge in [-0.3, -0.25) is 10.1 Å². The van der Waals surface area contributed by atoms with Gasteiger partial charge in [0.15, 0.2) is 5.13 Å². The van der Waals surface area contributed by atoms with Crippen LogP contribution in [0.3, 0.4) is 0 Å². The van der Waals surface area contributed by atoms with E-state index in [0.29, 0.717) is 10.7 Å². The van der Waals surface area contributed by atoms with E-state index in [9.17, 15) is 4.79 Å². The third-order valence-electron chi connectivity index (χ3n) is 3.62. The number of amides is 1. The summed E-state index contributed by atoms with van der Waals surface area (Å²) in [5.41, 5.74) is 1.52. The standard InChI is InChI=1S/C18H11BrN2OS/c19-14-9-4-10-15-16(14)20-18(23-15)21-17(22)13-8-3-6-11-5-1-2-7-12(11)13/h1-10H,(H,20,21,22). The van der Waals surface area contributed by atoms with E-state index in [-0.39, 0.29) is 5.91 Å². The Balaban J connectivity index is 1.72. The van der Waals surface area contributed by atoms with Crippen LogP contribution in [0.15, 0.2) is 65.1 Å². The summed E-state index contributed by atoms with van der Waals surface area (Å²) >= 11 is 4.95. The van der Waals surface area contributed by atoms with Gasteiger partial charge < -0.3 is 0 Å². The van der Waals surface area contributed by atoms with E-state index >= 15 is 0 Å². The number of carbonyl (C=O) groups excluding carboxylic acids is 1. The van der Waals surface area contributed by atoms with Crippen LogP contribution in [-0.4, -0.2) is 10.9 Å². The first-order chi connectivity index (χ1) is 11.2.